The molecule has 2 amide bonds. The molecule has 0 spiro atoms. The Labute approximate surface area is 164 Å². The zero-order valence-corrected chi connectivity index (χ0v) is 16.2. The van der Waals surface area contributed by atoms with E-state index in [9.17, 15) is 9.59 Å². The highest BCUT2D eigenvalue weighted by molar-refractivity contribution is 5.98. The number of carbonyl (C=O) groups is 2. The SMILES string of the molecule is Cc1cc(NC(=O)C2CCCN2C(=O)C2CCCCC2)ccc1-n1cnnn1. The van der Waals surface area contributed by atoms with Crippen molar-refractivity contribution < 1.29 is 9.59 Å². The Kier molecular flexibility index (Phi) is 5.36. The molecule has 4 rings (SSSR count). The Morgan fingerprint density at radius 3 is 2.64 bits per heavy atom. The third kappa shape index (κ3) is 3.76. The van der Waals surface area contributed by atoms with E-state index in [1.807, 2.05) is 30.0 Å². The molecule has 2 aliphatic rings. The van der Waals surface area contributed by atoms with Gasteiger partial charge in [-0.1, -0.05) is 19.3 Å². The van der Waals surface area contributed by atoms with E-state index in [1.54, 1.807) is 4.68 Å². The van der Waals surface area contributed by atoms with Gasteiger partial charge in [0.25, 0.3) is 0 Å². The second-order valence-electron chi connectivity index (χ2n) is 7.77. The molecular formula is C20H26N6O2. The van der Waals surface area contributed by atoms with Crippen LogP contribution in [0.25, 0.3) is 5.69 Å². The van der Waals surface area contributed by atoms with Gasteiger partial charge in [-0.25, -0.2) is 4.68 Å². The minimum absolute atomic E-state index is 0.0972. The van der Waals surface area contributed by atoms with Gasteiger partial charge in [0.05, 0.1) is 5.69 Å². The van der Waals surface area contributed by atoms with Crippen LogP contribution in [0.15, 0.2) is 24.5 Å². The first-order valence-electron chi connectivity index (χ1n) is 10.1. The van der Waals surface area contributed by atoms with Crippen molar-refractivity contribution in [2.75, 3.05) is 11.9 Å². The number of hydrogen-bond donors (Lipinski definition) is 1. The average molecular weight is 382 g/mol. The van der Waals surface area contributed by atoms with Gasteiger partial charge in [0, 0.05) is 18.2 Å². The smallest absolute Gasteiger partial charge is 0.247 e. The van der Waals surface area contributed by atoms with Crippen LogP contribution in [-0.4, -0.2) is 49.5 Å². The third-order valence-electron chi connectivity index (χ3n) is 5.85. The Hall–Kier alpha value is -2.77. The highest BCUT2D eigenvalue weighted by atomic mass is 16.2. The lowest BCUT2D eigenvalue weighted by molar-refractivity contribution is -0.141. The summed E-state index contributed by atoms with van der Waals surface area (Å²) in [4.78, 5) is 27.6. The highest BCUT2D eigenvalue weighted by Gasteiger charge is 2.37. The third-order valence-corrected chi connectivity index (χ3v) is 5.85. The molecule has 28 heavy (non-hydrogen) atoms. The fourth-order valence-corrected chi connectivity index (χ4v) is 4.37. The van der Waals surface area contributed by atoms with E-state index >= 15 is 0 Å². The molecule has 1 saturated carbocycles. The van der Waals surface area contributed by atoms with E-state index in [4.69, 9.17) is 0 Å². The van der Waals surface area contributed by atoms with Crippen LogP contribution in [0.1, 0.15) is 50.5 Å². The van der Waals surface area contributed by atoms with Gasteiger partial charge in [-0.3, -0.25) is 9.59 Å². The number of benzene rings is 1. The fourth-order valence-electron chi connectivity index (χ4n) is 4.37. The van der Waals surface area contributed by atoms with Gasteiger partial charge in [-0.15, -0.1) is 5.10 Å². The van der Waals surface area contributed by atoms with Gasteiger partial charge < -0.3 is 10.2 Å². The maximum atomic E-state index is 12.9. The first kappa shape index (κ1) is 18.6. The number of aromatic nitrogens is 4. The summed E-state index contributed by atoms with van der Waals surface area (Å²) in [6.07, 6.45) is 8.52. The van der Waals surface area contributed by atoms with Crippen LogP contribution in [-0.2, 0) is 9.59 Å². The van der Waals surface area contributed by atoms with Crippen molar-refractivity contribution in [1.82, 2.24) is 25.1 Å². The minimum Gasteiger partial charge on any atom is -0.330 e. The maximum absolute atomic E-state index is 12.9. The number of amides is 2. The Bertz CT molecular complexity index is 844. The molecule has 2 heterocycles. The molecule has 1 N–H and O–H groups in total. The summed E-state index contributed by atoms with van der Waals surface area (Å²) in [5.41, 5.74) is 2.53. The van der Waals surface area contributed by atoms with Crippen LogP contribution in [0.2, 0.25) is 0 Å². The first-order chi connectivity index (χ1) is 13.6. The first-order valence-corrected chi connectivity index (χ1v) is 10.1. The molecule has 1 aliphatic carbocycles. The molecule has 1 aromatic heterocycles. The molecule has 1 aliphatic heterocycles. The van der Waals surface area contributed by atoms with Crippen LogP contribution in [0.5, 0.6) is 0 Å². The summed E-state index contributed by atoms with van der Waals surface area (Å²) in [6.45, 7) is 2.63. The molecule has 0 radical (unpaired) electrons. The topological polar surface area (TPSA) is 93.0 Å². The number of nitrogens with zero attached hydrogens (tertiary/aromatic N) is 5. The van der Waals surface area contributed by atoms with Gasteiger partial charge >= 0.3 is 0 Å². The van der Waals surface area contributed by atoms with Crippen molar-refractivity contribution in [1.29, 1.82) is 0 Å². The molecule has 1 unspecified atom stereocenters. The summed E-state index contributed by atoms with van der Waals surface area (Å²) in [7, 11) is 0. The second-order valence-corrected chi connectivity index (χ2v) is 7.77. The van der Waals surface area contributed by atoms with E-state index in [1.165, 1.54) is 12.7 Å². The van der Waals surface area contributed by atoms with E-state index < -0.39 is 0 Å². The highest BCUT2D eigenvalue weighted by Crippen LogP contribution is 2.29. The molecule has 8 heteroatoms. The zero-order valence-electron chi connectivity index (χ0n) is 16.2. The van der Waals surface area contributed by atoms with E-state index in [0.29, 0.717) is 6.54 Å². The summed E-state index contributed by atoms with van der Waals surface area (Å²) in [5.74, 6) is 0.166. The van der Waals surface area contributed by atoms with Crippen LogP contribution in [0, 0.1) is 12.8 Å². The normalized spacial score (nSPS) is 20.3. The minimum atomic E-state index is -0.367. The van der Waals surface area contributed by atoms with Crippen molar-refractivity contribution in [2.45, 2.75) is 57.9 Å². The number of likely N-dealkylation sites (tertiary alicyclic amines) is 1. The lowest BCUT2D eigenvalue weighted by Crippen LogP contribution is -2.46. The van der Waals surface area contributed by atoms with Gasteiger partial charge in [-0.05, 0) is 66.8 Å². The van der Waals surface area contributed by atoms with E-state index in [0.717, 1.165) is 55.5 Å². The number of tetrazole rings is 1. The van der Waals surface area contributed by atoms with E-state index in [-0.39, 0.29) is 23.8 Å². The molecule has 1 atom stereocenters. The fraction of sp³-hybridized carbons (Fsp3) is 0.550. The Morgan fingerprint density at radius 1 is 1.11 bits per heavy atom. The summed E-state index contributed by atoms with van der Waals surface area (Å²) in [6, 6.07) is 5.25. The monoisotopic (exact) mass is 382 g/mol. The van der Waals surface area contributed by atoms with Gasteiger partial charge in [-0.2, -0.15) is 0 Å². The number of rotatable bonds is 4. The van der Waals surface area contributed by atoms with Crippen LogP contribution < -0.4 is 5.32 Å². The summed E-state index contributed by atoms with van der Waals surface area (Å²) >= 11 is 0. The standard InChI is InChI=1S/C20H26N6O2/c1-14-12-16(9-10-17(14)26-13-21-23-24-26)22-19(27)18-8-5-11-25(18)20(28)15-6-3-2-4-7-15/h9-10,12-13,15,18H,2-8,11H2,1H3,(H,22,27). The Morgan fingerprint density at radius 2 is 1.93 bits per heavy atom. The van der Waals surface area contributed by atoms with Crippen molar-refractivity contribution in [3.8, 4) is 5.69 Å². The maximum Gasteiger partial charge on any atom is 0.247 e. The average Bonchev–Trinajstić information content (AvgIpc) is 3.40. The molecule has 2 fully saturated rings. The zero-order chi connectivity index (χ0) is 19.5. The lowest BCUT2D eigenvalue weighted by atomic mass is 9.88. The van der Waals surface area contributed by atoms with Crippen molar-refractivity contribution in [2.24, 2.45) is 5.92 Å². The number of anilines is 1. The molecule has 0 bridgehead atoms. The van der Waals surface area contributed by atoms with Gasteiger partial charge in [0.2, 0.25) is 11.8 Å². The molecule has 148 valence electrons. The predicted molar refractivity (Wildman–Crippen MR) is 104 cm³/mol. The second kappa shape index (κ2) is 8.08. The van der Waals surface area contributed by atoms with Crippen molar-refractivity contribution in [3.05, 3.63) is 30.1 Å². The molecule has 8 nitrogen and oxygen atoms in total. The molecule has 1 saturated heterocycles. The van der Waals surface area contributed by atoms with E-state index in [2.05, 4.69) is 20.8 Å². The van der Waals surface area contributed by atoms with Crippen molar-refractivity contribution in [3.63, 3.8) is 0 Å². The largest absolute Gasteiger partial charge is 0.330 e. The quantitative estimate of drug-likeness (QED) is 0.877. The van der Waals surface area contributed by atoms with Crippen molar-refractivity contribution >= 4 is 17.5 Å². The molecule has 1 aromatic carbocycles. The molecular weight excluding hydrogens is 356 g/mol. The van der Waals surface area contributed by atoms with Crippen LogP contribution in [0.3, 0.4) is 0 Å². The molecule has 2 aromatic rings. The number of aryl methyl sites for hydroxylation is 1. The van der Waals surface area contributed by atoms with Crippen LogP contribution >= 0.6 is 0 Å². The van der Waals surface area contributed by atoms with Gasteiger partial charge in [0.1, 0.15) is 12.4 Å². The predicted octanol–water partition coefficient (Wildman–Crippen LogP) is 2.48. The lowest BCUT2D eigenvalue weighted by Gasteiger charge is -2.30. The summed E-state index contributed by atoms with van der Waals surface area (Å²) in [5, 5.41) is 14.2. The number of carbonyl (C=O) groups excluding carboxylic acids is 2. The number of hydrogen-bond acceptors (Lipinski definition) is 5. The summed E-state index contributed by atoms with van der Waals surface area (Å²) < 4.78 is 1.59. The van der Waals surface area contributed by atoms with Gasteiger partial charge in [0.15, 0.2) is 0 Å². The Balaban J connectivity index is 1.44. The number of nitrogens with one attached hydrogen (secondary N) is 1. The van der Waals surface area contributed by atoms with Crippen LogP contribution in [0.4, 0.5) is 5.69 Å².